The normalized spacial score (nSPS) is 9.83. The number of alkyl halides is 2. The molecule has 0 aliphatic rings. The smallest absolute Gasteiger partial charge is 0.317 e. The number of rotatable bonds is 5. The van der Waals surface area contributed by atoms with Crippen molar-refractivity contribution < 1.29 is 19.4 Å². The summed E-state index contributed by atoms with van der Waals surface area (Å²) in [4.78, 5) is 23.6. The van der Waals surface area contributed by atoms with Crippen LogP contribution in [0.3, 0.4) is 0 Å². The van der Waals surface area contributed by atoms with Gasteiger partial charge >= 0.3 is 5.97 Å². The third-order valence-corrected chi connectivity index (χ3v) is 3.58. The number of nitriles is 1. The second-order valence-electron chi connectivity index (χ2n) is 5.32. The van der Waals surface area contributed by atoms with Crippen LogP contribution >= 0.6 is 47.8 Å². The highest BCUT2D eigenvalue weighted by atomic mass is 79.9. The quantitative estimate of drug-likeness (QED) is 0.259. The Labute approximate surface area is 162 Å². The molecule has 0 rings (SSSR count). The van der Waals surface area contributed by atoms with Gasteiger partial charge in [0.05, 0.1) is 23.4 Å². The molecule has 0 saturated heterocycles. The first-order valence-corrected chi connectivity index (χ1v) is 9.33. The van der Waals surface area contributed by atoms with Crippen LogP contribution in [0.2, 0.25) is 0 Å². The van der Waals surface area contributed by atoms with Crippen molar-refractivity contribution in [2.75, 3.05) is 17.2 Å². The van der Waals surface area contributed by atoms with E-state index in [1.165, 1.54) is 0 Å². The highest BCUT2D eigenvalue weighted by Crippen LogP contribution is 2.10. The summed E-state index contributed by atoms with van der Waals surface area (Å²) in [6.07, 6.45) is 0.201. The zero-order valence-corrected chi connectivity index (χ0v) is 18.3. The number of halogens is 3. The van der Waals surface area contributed by atoms with Gasteiger partial charge in [0.25, 0.3) is 6.54 Å². The van der Waals surface area contributed by atoms with Gasteiger partial charge in [-0.2, -0.15) is 5.26 Å². The number of carbonyl (C=O) groups is 2. The van der Waals surface area contributed by atoms with Crippen LogP contribution in [0.1, 0.15) is 34.1 Å². The average molecular weight is 521 g/mol. The molecule has 0 amide bonds. The molecule has 9 heteroatoms. The first kappa shape index (κ1) is 27.4. The molecular formula is C14H21Br3N2O4. The Hall–Kier alpha value is -0.480. The van der Waals surface area contributed by atoms with Gasteiger partial charge in [-0.25, -0.2) is 6.57 Å². The fourth-order valence-corrected chi connectivity index (χ4v) is 0.866. The van der Waals surface area contributed by atoms with Crippen LogP contribution in [0.25, 0.3) is 4.85 Å². The number of esters is 1. The van der Waals surface area contributed by atoms with Gasteiger partial charge in [-0.3, -0.25) is 9.59 Å². The van der Waals surface area contributed by atoms with Gasteiger partial charge in [0, 0.05) is 0 Å². The highest BCUT2D eigenvalue weighted by molar-refractivity contribution is 9.19. The van der Waals surface area contributed by atoms with Crippen LogP contribution in [0.15, 0.2) is 0 Å². The van der Waals surface area contributed by atoms with Crippen molar-refractivity contribution >= 4 is 58.5 Å². The van der Waals surface area contributed by atoms with Crippen molar-refractivity contribution in [3.05, 3.63) is 11.4 Å². The molecule has 0 aliphatic carbocycles. The summed E-state index contributed by atoms with van der Waals surface area (Å²) in [5, 5.41) is 17.4. The van der Waals surface area contributed by atoms with E-state index in [2.05, 4.69) is 52.6 Å². The summed E-state index contributed by atoms with van der Waals surface area (Å²) >= 11 is 8.57. The van der Waals surface area contributed by atoms with E-state index in [1.54, 1.807) is 27.7 Å². The molecule has 6 nitrogen and oxygen atoms in total. The highest BCUT2D eigenvalue weighted by Gasteiger charge is 2.25. The van der Waals surface area contributed by atoms with Crippen LogP contribution in [0.4, 0.5) is 0 Å². The van der Waals surface area contributed by atoms with Gasteiger partial charge in [-0.1, -0.05) is 31.9 Å². The molecule has 0 aliphatic heterocycles. The van der Waals surface area contributed by atoms with Crippen LogP contribution in [0.5, 0.6) is 0 Å². The van der Waals surface area contributed by atoms with Crippen LogP contribution in [0, 0.1) is 17.9 Å². The predicted molar refractivity (Wildman–Crippen MR) is 99.7 cm³/mol. The van der Waals surface area contributed by atoms with Crippen molar-refractivity contribution in [2.45, 2.75) is 45.3 Å². The number of hydrogen-bond acceptors (Lipinski definition) is 5. The lowest BCUT2D eigenvalue weighted by Gasteiger charge is -2.18. The molecule has 132 valence electrons. The first-order chi connectivity index (χ1) is 10.3. The van der Waals surface area contributed by atoms with Crippen molar-refractivity contribution in [3.8, 4) is 6.07 Å². The first-order valence-electron chi connectivity index (χ1n) is 6.29. The Morgan fingerprint density at radius 1 is 1.26 bits per heavy atom. The molecule has 0 spiro atoms. The molecule has 0 atom stereocenters. The Kier molecular flexibility index (Phi) is 17.9. The standard InChI is InChI=1S/C7H10BrNO2.C5H9NO.C2H2Br2O/c1-7(2,5-9-3)11-6(10)4-8;1-5(2,7)3-4-6;3-1-2(4)5/h4-5H2,1-2H3;7H,3H2,1-2H3;1H2. The summed E-state index contributed by atoms with van der Waals surface area (Å²) in [6.45, 7) is 13.4. The molecule has 0 aromatic heterocycles. The van der Waals surface area contributed by atoms with Crippen LogP contribution in [-0.4, -0.2) is 44.2 Å². The molecule has 23 heavy (non-hydrogen) atoms. The van der Waals surface area contributed by atoms with Crippen molar-refractivity contribution in [3.63, 3.8) is 0 Å². The topological polar surface area (TPSA) is 91.8 Å². The molecule has 0 aromatic carbocycles. The van der Waals surface area contributed by atoms with Gasteiger partial charge in [0.15, 0.2) is 5.60 Å². The predicted octanol–water partition coefficient (Wildman–Crippen LogP) is 3.60. The Morgan fingerprint density at radius 2 is 1.70 bits per heavy atom. The molecule has 0 unspecified atom stereocenters. The SMILES string of the molecule is CC(C)(O)CC#N.O=C(Br)CBr.[C-]#[N+]CC(C)(C)OC(=O)CBr. The van der Waals surface area contributed by atoms with Gasteiger partial charge in [-0.05, 0) is 43.6 Å². The lowest BCUT2D eigenvalue weighted by molar-refractivity contribution is -0.151. The maximum absolute atomic E-state index is 10.7. The Morgan fingerprint density at radius 3 is 1.87 bits per heavy atom. The molecule has 1 N–H and O–H groups in total. The third kappa shape index (κ3) is 30.0. The zero-order chi connectivity index (χ0) is 19.1. The monoisotopic (exact) mass is 518 g/mol. The lowest BCUT2D eigenvalue weighted by atomic mass is 10.1. The second-order valence-corrected chi connectivity index (χ2v) is 7.33. The fraction of sp³-hybridized carbons (Fsp3) is 0.714. The maximum atomic E-state index is 10.7. The lowest BCUT2D eigenvalue weighted by Crippen LogP contribution is -2.31. The van der Waals surface area contributed by atoms with E-state index < -0.39 is 11.2 Å². The molecule has 0 heterocycles. The van der Waals surface area contributed by atoms with Gasteiger partial charge < -0.3 is 14.7 Å². The third-order valence-electron chi connectivity index (χ3n) is 1.58. The van der Waals surface area contributed by atoms with E-state index in [9.17, 15) is 9.59 Å². The largest absolute Gasteiger partial charge is 0.451 e. The summed E-state index contributed by atoms with van der Waals surface area (Å²) in [5.41, 5.74) is -1.47. The number of hydrogen-bond donors (Lipinski definition) is 1. The molecule has 0 radical (unpaired) electrons. The second kappa shape index (κ2) is 15.1. The van der Waals surface area contributed by atoms with Gasteiger partial charge in [0.1, 0.15) is 5.33 Å². The van der Waals surface area contributed by atoms with E-state index in [0.717, 1.165) is 0 Å². The van der Waals surface area contributed by atoms with Gasteiger partial charge in [-0.15, -0.1) is 0 Å². The molecule has 0 fully saturated rings. The number of nitrogens with zero attached hydrogens (tertiary/aromatic N) is 2. The molecule has 0 bridgehead atoms. The minimum absolute atomic E-state index is 0.0162. The van der Waals surface area contributed by atoms with E-state index in [1.807, 2.05) is 6.07 Å². The van der Waals surface area contributed by atoms with E-state index >= 15 is 0 Å². The Bertz CT molecular complexity index is 435. The number of aliphatic hydroxyl groups is 1. The zero-order valence-electron chi connectivity index (χ0n) is 13.5. The van der Waals surface area contributed by atoms with E-state index in [4.69, 9.17) is 21.7 Å². The number of ether oxygens (including phenoxy) is 1. The van der Waals surface area contributed by atoms with Crippen molar-refractivity contribution in [1.29, 1.82) is 5.26 Å². The number of carbonyl (C=O) groups excluding carboxylic acids is 2. The minimum atomic E-state index is -0.811. The molecular weight excluding hydrogens is 500 g/mol. The van der Waals surface area contributed by atoms with E-state index in [-0.39, 0.29) is 29.0 Å². The van der Waals surface area contributed by atoms with Crippen molar-refractivity contribution in [2.24, 2.45) is 0 Å². The van der Waals surface area contributed by atoms with E-state index in [0.29, 0.717) is 5.33 Å². The summed E-state index contributed by atoms with van der Waals surface area (Å²) in [5.74, 6) is -0.335. The van der Waals surface area contributed by atoms with Crippen molar-refractivity contribution in [1.82, 2.24) is 0 Å². The van der Waals surface area contributed by atoms with Gasteiger partial charge in [0.2, 0.25) is 4.69 Å². The summed E-state index contributed by atoms with van der Waals surface area (Å²) in [6, 6.07) is 1.86. The summed E-state index contributed by atoms with van der Waals surface area (Å²) in [7, 11) is 0. The van der Waals surface area contributed by atoms with Crippen LogP contribution in [-0.2, 0) is 14.3 Å². The fourth-order valence-electron chi connectivity index (χ4n) is 0.752. The molecule has 0 saturated carbocycles. The maximum Gasteiger partial charge on any atom is 0.317 e. The van der Waals surface area contributed by atoms with Crippen LogP contribution < -0.4 is 0 Å². The molecule has 0 aromatic rings. The average Bonchev–Trinajstić information content (AvgIpc) is 2.37. The minimum Gasteiger partial charge on any atom is -0.451 e. The Balaban J connectivity index is -0.000000286. The summed E-state index contributed by atoms with van der Waals surface area (Å²) < 4.78 is 4.91.